The Kier molecular flexibility index (Phi) is 7.11. The summed E-state index contributed by atoms with van der Waals surface area (Å²) in [5.41, 5.74) is 2.13. The first-order valence-corrected chi connectivity index (χ1v) is 9.59. The van der Waals surface area contributed by atoms with Gasteiger partial charge < -0.3 is 24.8 Å². The average molecular weight is 420 g/mol. The van der Waals surface area contributed by atoms with Gasteiger partial charge in [0.2, 0.25) is 5.91 Å². The summed E-state index contributed by atoms with van der Waals surface area (Å²) in [5, 5.41) is 5.64. The van der Waals surface area contributed by atoms with Crippen LogP contribution in [0.3, 0.4) is 0 Å². The zero-order valence-corrected chi connectivity index (χ0v) is 17.6. The number of carbonyl (C=O) groups is 2. The van der Waals surface area contributed by atoms with Gasteiger partial charge in [-0.1, -0.05) is 24.3 Å². The molecular weight excluding hydrogens is 396 g/mol. The van der Waals surface area contributed by atoms with Crippen LogP contribution >= 0.6 is 0 Å². The van der Waals surface area contributed by atoms with Crippen LogP contribution in [0.5, 0.6) is 17.2 Å². The van der Waals surface area contributed by atoms with Crippen LogP contribution in [-0.4, -0.2) is 33.1 Å². The first-order valence-electron chi connectivity index (χ1n) is 9.59. The maximum absolute atomic E-state index is 12.8. The lowest BCUT2D eigenvalue weighted by atomic mass is 10.1. The van der Waals surface area contributed by atoms with Gasteiger partial charge in [0, 0.05) is 11.8 Å². The van der Waals surface area contributed by atoms with Crippen molar-refractivity contribution in [2.24, 2.45) is 0 Å². The van der Waals surface area contributed by atoms with Crippen molar-refractivity contribution >= 4 is 23.2 Å². The zero-order valence-electron chi connectivity index (χ0n) is 17.6. The molecule has 0 atom stereocenters. The summed E-state index contributed by atoms with van der Waals surface area (Å²) in [5.74, 6) is 1.18. The Hall–Kier alpha value is -4.00. The molecule has 0 aliphatic heterocycles. The van der Waals surface area contributed by atoms with Crippen molar-refractivity contribution < 1.29 is 23.8 Å². The van der Waals surface area contributed by atoms with Gasteiger partial charge in [0.05, 0.1) is 39.0 Å². The summed E-state index contributed by atoms with van der Waals surface area (Å²) in [4.78, 5) is 25.4. The van der Waals surface area contributed by atoms with E-state index in [1.165, 1.54) is 0 Å². The molecule has 0 fully saturated rings. The third-order valence-corrected chi connectivity index (χ3v) is 4.59. The topological polar surface area (TPSA) is 85.9 Å². The monoisotopic (exact) mass is 420 g/mol. The highest BCUT2D eigenvalue weighted by molar-refractivity contribution is 6.10. The smallest absolute Gasteiger partial charge is 0.257 e. The van der Waals surface area contributed by atoms with Crippen molar-refractivity contribution in [1.29, 1.82) is 0 Å². The predicted molar refractivity (Wildman–Crippen MR) is 119 cm³/mol. The van der Waals surface area contributed by atoms with Crippen molar-refractivity contribution in [2.75, 3.05) is 32.0 Å². The maximum atomic E-state index is 12.8. The molecule has 0 aromatic heterocycles. The van der Waals surface area contributed by atoms with Gasteiger partial charge in [0.1, 0.15) is 5.75 Å². The summed E-state index contributed by atoms with van der Waals surface area (Å²) in [6.45, 7) is 0. The van der Waals surface area contributed by atoms with Gasteiger partial charge in [-0.3, -0.25) is 9.59 Å². The lowest BCUT2D eigenvalue weighted by Crippen LogP contribution is -2.19. The van der Waals surface area contributed by atoms with Crippen molar-refractivity contribution in [3.63, 3.8) is 0 Å². The van der Waals surface area contributed by atoms with Crippen LogP contribution in [0.2, 0.25) is 0 Å². The zero-order chi connectivity index (χ0) is 22.2. The van der Waals surface area contributed by atoms with E-state index in [4.69, 9.17) is 14.2 Å². The third kappa shape index (κ3) is 5.54. The SMILES string of the molecule is COc1cccc(NC(=O)c2ccccc2NC(=O)Cc2ccc(OC)c(OC)c2)c1. The van der Waals surface area contributed by atoms with E-state index in [2.05, 4.69) is 10.6 Å². The molecule has 0 saturated heterocycles. The summed E-state index contributed by atoms with van der Waals surface area (Å²) in [6.07, 6.45) is 0.117. The molecule has 7 heteroatoms. The largest absolute Gasteiger partial charge is 0.497 e. The van der Waals surface area contributed by atoms with E-state index < -0.39 is 0 Å². The van der Waals surface area contributed by atoms with E-state index >= 15 is 0 Å². The second kappa shape index (κ2) is 10.2. The van der Waals surface area contributed by atoms with Crippen LogP contribution < -0.4 is 24.8 Å². The quantitative estimate of drug-likeness (QED) is 0.572. The second-order valence-electron chi connectivity index (χ2n) is 6.65. The fraction of sp³-hybridized carbons (Fsp3) is 0.167. The predicted octanol–water partition coefficient (Wildman–Crippen LogP) is 4.15. The highest BCUT2D eigenvalue weighted by Crippen LogP contribution is 2.28. The fourth-order valence-electron chi connectivity index (χ4n) is 3.06. The van der Waals surface area contributed by atoms with E-state index in [0.29, 0.717) is 34.2 Å². The Morgan fingerprint density at radius 1 is 0.774 bits per heavy atom. The summed E-state index contributed by atoms with van der Waals surface area (Å²) >= 11 is 0. The Labute approximate surface area is 180 Å². The standard InChI is InChI=1S/C24H24N2O5/c1-29-18-8-6-7-17(15-18)25-24(28)19-9-4-5-10-20(19)26-23(27)14-16-11-12-21(30-2)22(13-16)31-3/h4-13,15H,14H2,1-3H3,(H,25,28)(H,26,27). The molecule has 3 aromatic carbocycles. The normalized spacial score (nSPS) is 10.2. The molecule has 2 amide bonds. The lowest BCUT2D eigenvalue weighted by Gasteiger charge is -2.13. The number of hydrogen-bond acceptors (Lipinski definition) is 5. The number of methoxy groups -OCH3 is 3. The maximum Gasteiger partial charge on any atom is 0.257 e. The van der Waals surface area contributed by atoms with Crippen LogP contribution in [-0.2, 0) is 11.2 Å². The van der Waals surface area contributed by atoms with Crippen molar-refractivity contribution in [1.82, 2.24) is 0 Å². The van der Waals surface area contributed by atoms with Gasteiger partial charge in [-0.25, -0.2) is 0 Å². The summed E-state index contributed by atoms with van der Waals surface area (Å²) in [6, 6.07) is 19.2. The molecule has 0 bridgehead atoms. The van der Waals surface area contributed by atoms with Gasteiger partial charge in [0.25, 0.3) is 5.91 Å². The van der Waals surface area contributed by atoms with Gasteiger partial charge >= 0.3 is 0 Å². The van der Waals surface area contributed by atoms with Crippen LogP contribution in [0.25, 0.3) is 0 Å². The lowest BCUT2D eigenvalue weighted by molar-refractivity contribution is -0.115. The highest BCUT2D eigenvalue weighted by Gasteiger charge is 2.15. The molecule has 0 radical (unpaired) electrons. The molecule has 31 heavy (non-hydrogen) atoms. The molecule has 0 saturated carbocycles. The fourth-order valence-corrected chi connectivity index (χ4v) is 3.06. The Morgan fingerprint density at radius 3 is 2.29 bits per heavy atom. The van der Waals surface area contributed by atoms with Gasteiger partial charge in [-0.15, -0.1) is 0 Å². The summed E-state index contributed by atoms with van der Waals surface area (Å²) in [7, 11) is 4.65. The van der Waals surface area contributed by atoms with Gasteiger partial charge in [0.15, 0.2) is 11.5 Å². The molecule has 0 heterocycles. The van der Waals surface area contributed by atoms with E-state index in [9.17, 15) is 9.59 Å². The number of ether oxygens (including phenoxy) is 3. The van der Waals surface area contributed by atoms with E-state index in [1.54, 1.807) is 88.1 Å². The molecule has 0 aliphatic carbocycles. The number of nitrogens with one attached hydrogen (secondary N) is 2. The molecule has 0 aliphatic rings. The van der Waals surface area contributed by atoms with E-state index in [1.807, 2.05) is 0 Å². The Balaban J connectivity index is 1.72. The van der Waals surface area contributed by atoms with Crippen LogP contribution in [0.4, 0.5) is 11.4 Å². The number of anilines is 2. The summed E-state index contributed by atoms with van der Waals surface area (Å²) < 4.78 is 15.7. The number of amides is 2. The Bertz CT molecular complexity index is 1080. The van der Waals surface area contributed by atoms with Gasteiger partial charge in [-0.2, -0.15) is 0 Å². The number of benzene rings is 3. The second-order valence-corrected chi connectivity index (χ2v) is 6.65. The van der Waals surface area contributed by atoms with Crippen molar-refractivity contribution in [3.05, 3.63) is 77.9 Å². The molecule has 160 valence electrons. The molecule has 0 unspecified atom stereocenters. The number of hydrogen-bond donors (Lipinski definition) is 2. The first kappa shape index (κ1) is 21.7. The molecule has 7 nitrogen and oxygen atoms in total. The Morgan fingerprint density at radius 2 is 1.55 bits per heavy atom. The van der Waals surface area contributed by atoms with Crippen LogP contribution in [0.15, 0.2) is 66.7 Å². The molecule has 0 spiro atoms. The molecule has 3 rings (SSSR count). The van der Waals surface area contributed by atoms with Crippen molar-refractivity contribution in [3.8, 4) is 17.2 Å². The molecular formula is C24H24N2O5. The number of para-hydroxylation sites is 1. The van der Waals surface area contributed by atoms with E-state index in [0.717, 1.165) is 5.56 Å². The average Bonchev–Trinajstić information content (AvgIpc) is 2.79. The van der Waals surface area contributed by atoms with E-state index in [-0.39, 0.29) is 18.2 Å². The molecule has 3 aromatic rings. The minimum absolute atomic E-state index is 0.117. The van der Waals surface area contributed by atoms with Crippen LogP contribution in [0, 0.1) is 0 Å². The van der Waals surface area contributed by atoms with Crippen LogP contribution in [0.1, 0.15) is 15.9 Å². The third-order valence-electron chi connectivity index (χ3n) is 4.59. The number of carbonyl (C=O) groups excluding carboxylic acids is 2. The van der Waals surface area contributed by atoms with Gasteiger partial charge in [-0.05, 0) is 42.0 Å². The highest BCUT2D eigenvalue weighted by atomic mass is 16.5. The number of rotatable bonds is 8. The first-order chi connectivity index (χ1) is 15.0. The minimum Gasteiger partial charge on any atom is -0.497 e. The van der Waals surface area contributed by atoms with Crippen molar-refractivity contribution in [2.45, 2.75) is 6.42 Å². The molecule has 2 N–H and O–H groups in total. The minimum atomic E-state index is -0.338.